The third-order valence-electron chi connectivity index (χ3n) is 3.98. The van der Waals surface area contributed by atoms with Crippen LogP contribution in [0, 0.1) is 0 Å². The fourth-order valence-electron chi connectivity index (χ4n) is 2.68. The van der Waals surface area contributed by atoms with Crippen LogP contribution in [0.1, 0.15) is 27.1 Å². The van der Waals surface area contributed by atoms with Gasteiger partial charge < -0.3 is 29.4 Å². The second kappa shape index (κ2) is 7.86. The lowest BCUT2D eigenvalue weighted by Gasteiger charge is -2.15. The van der Waals surface area contributed by atoms with Crippen LogP contribution in [0.15, 0.2) is 30.3 Å². The quantitative estimate of drug-likeness (QED) is 0.830. The third-order valence-corrected chi connectivity index (χ3v) is 3.98. The molecule has 0 bridgehead atoms. The highest BCUT2D eigenvalue weighted by Gasteiger charge is 2.19. The van der Waals surface area contributed by atoms with Crippen LogP contribution in [-0.4, -0.2) is 44.4 Å². The molecule has 2 N–H and O–H groups in total. The summed E-state index contributed by atoms with van der Waals surface area (Å²) in [6, 6.07) is 7.49. The minimum absolute atomic E-state index is 0.0402. The van der Waals surface area contributed by atoms with Crippen LogP contribution in [0.5, 0.6) is 23.0 Å². The van der Waals surface area contributed by atoms with Crippen LogP contribution in [0.3, 0.4) is 0 Å². The lowest BCUT2D eigenvalue weighted by molar-refractivity contribution is 0.0696. The molecule has 0 radical (unpaired) electrons. The lowest BCUT2D eigenvalue weighted by Crippen LogP contribution is -2.14. The molecule has 0 atom stereocenters. The molecule has 1 aliphatic rings. The number of carbonyl (C=O) groups is 2. The molecule has 0 saturated carbocycles. The van der Waals surface area contributed by atoms with Crippen molar-refractivity contribution in [3.05, 3.63) is 41.5 Å². The van der Waals surface area contributed by atoms with Gasteiger partial charge >= 0.3 is 5.97 Å². The lowest BCUT2D eigenvalue weighted by atomic mass is 10.1. The normalized spacial score (nSPS) is 12.7. The maximum absolute atomic E-state index is 12.7. The van der Waals surface area contributed by atoms with Crippen molar-refractivity contribution in [1.29, 1.82) is 0 Å². The van der Waals surface area contributed by atoms with Crippen molar-refractivity contribution in [2.24, 2.45) is 0 Å². The molecule has 8 heteroatoms. The number of carboxylic acids is 1. The number of carbonyl (C=O) groups excluding carboxylic acids is 1. The van der Waals surface area contributed by atoms with Gasteiger partial charge in [0.1, 0.15) is 0 Å². The first-order valence-electron chi connectivity index (χ1n) is 8.23. The average molecular weight is 373 g/mol. The largest absolute Gasteiger partial charge is 0.493 e. The number of amides is 1. The first kappa shape index (κ1) is 18.4. The smallest absolute Gasteiger partial charge is 0.335 e. The van der Waals surface area contributed by atoms with E-state index in [1.54, 1.807) is 18.2 Å². The van der Waals surface area contributed by atoms with E-state index in [0.717, 1.165) is 6.42 Å². The Kier molecular flexibility index (Phi) is 5.35. The molecule has 2 aromatic rings. The van der Waals surface area contributed by atoms with Crippen LogP contribution in [0.25, 0.3) is 0 Å². The second-order valence-electron chi connectivity index (χ2n) is 5.73. The SMILES string of the molecule is COc1cc(C(=O)O)cc(NC(=O)c2ccc3c(c2)OCCCO3)c1OC. The Labute approximate surface area is 155 Å². The molecule has 0 fully saturated rings. The van der Waals surface area contributed by atoms with Gasteiger partial charge in [-0.15, -0.1) is 0 Å². The van der Waals surface area contributed by atoms with Crippen molar-refractivity contribution >= 4 is 17.6 Å². The van der Waals surface area contributed by atoms with Gasteiger partial charge in [-0.2, -0.15) is 0 Å². The minimum atomic E-state index is -1.15. The number of anilines is 1. The van der Waals surface area contributed by atoms with E-state index in [4.69, 9.17) is 18.9 Å². The predicted octanol–water partition coefficient (Wildman–Crippen LogP) is 2.82. The zero-order valence-corrected chi connectivity index (χ0v) is 14.9. The molecule has 0 aliphatic carbocycles. The highest BCUT2D eigenvalue weighted by molar-refractivity contribution is 6.06. The third kappa shape index (κ3) is 3.89. The van der Waals surface area contributed by atoms with Gasteiger partial charge in [-0.1, -0.05) is 0 Å². The molecule has 0 aromatic heterocycles. The molecule has 3 rings (SSSR count). The summed E-state index contributed by atoms with van der Waals surface area (Å²) in [6.45, 7) is 1.06. The predicted molar refractivity (Wildman–Crippen MR) is 96.5 cm³/mol. The van der Waals surface area contributed by atoms with Gasteiger partial charge in [-0.25, -0.2) is 4.79 Å². The number of methoxy groups -OCH3 is 2. The molecule has 0 unspecified atom stereocenters. The molecular formula is C19H19NO7. The first-order chi connectivity index (χ1) is 13.0. The van der Waals surface area contributed by atoms with E-state index in [-0.39, 0.29) is 22.7 Å². The zero-order chi connectivity index (χ0) is 19.4. The summed E-state index contributed by atoms with van der Waals surface area (Å²) in [6.07, 6.45) is 0.759. The Hall–Kier alpha value is -3.42. The molecule has 27 heavy (non-hydrogen) atoms. The van der Waals surface area contributed by atoms with Crippen LogP contribution in [0.4, 0.5) is 5.69 Å². The fourth-order valence-corrected chi connectivity index (χ4v) is 2.68. The van der Waals surface area contributed by atoms with E-state index in [1.165, 1.54) is 26.4 Å². The van der Waals surface area contributed by atoms with E-state index >= 15 is 0 Å². The Morgan fingerprint density at radius 2 is 1.74 bits per heavy atom. The monoisotopic (exact) mass is 373 g/mol. The van der Waals surface area contributed by atoms with E-state index in [1.807, 2.05) is 0 Å². The Morgan fingerprint density at radius 1 is 1.00 bits per heavy atom. The Morgan fingerprint density at radius 3 is 2.41 bits per heavy atom. The number of hydrogen-bond donors (Lipinski definition) is 2. The van der Waals surface area contributed by atoms with Gasteiger partial charge in [0.15, 0.2) is 23.0 Å². The van der Waals surface area contributed by atoms with Crippen LogP contribution >= 0.6 is 0 Å². The van der Waals surface area contributed by atoms with Gasteiger partial charge in [0.05, 0.1) is 38.7 Å². The van der Waals surface area contributed by atoms with Crippen molar-refractivity contribution in [3.63, 3.8) is 0 Å². The maximum Gasteiger partial charge on any atom is 0.335 e. The second-order valence-corrected chi connectivity index (χ2v) is 5.73. The standard InChI is InChI=1S/C19H19NO7/c1-24-16-10-12(19(22)23)8-13(17(16)25-2)20-18(21)11-4-5-14-15(9-11)27-7-3-6-26-14/h4-5,8-10H,3,6-7H2,1-2H3,(H,20,21)(H,22,23). The van der Waals surface area contributed by atoms with E-state index in [2.05, 4.69) is 5.32 Å². The number of fused-ring (bicyclic) bond motifs is 1. The van der Waals surface area contributed by atoms with E-state index in [9.17, 15) is 14.7 Å². The Balaban J connectivity index is 1.92. The summed E-state index contributed by atoms with van der Waals surface area (Å²) in [5.74, 6) is -0.104. The van der Waals surface area contributed by atoms with Crippen LogP contribution in [-0.2, 0) is 0 Å². The summed E-state index contributed by atoms with van der Waals surface area (Å²) in [7, 11) is 2.79. The molecule has 1 heterocycles. The van der Waals surface area contributed by atoms with Crippen molar-refractivity contribution in [3.8, 4) is 23.0 Å². The van der Waals surface area contributed by atoms with Gasteiger partial charge in [0.25, 0.3) is 5.91 Å². The molecule has 8 nitrogen and oxygen atoms in total. The summed E-state index contributed by atoms with van der Waals surface area (Å²) < 4.78 is 21.6. The molecule has 2 aromatic carbocycles. The zero-order valence-electron chi connectivity index (χ0n) is 14.9. The Bertz CT molecular complexity index is 879. The van der Waals surface area contributed by atoms with Crippen molar-refractivity contribution < 1.29 is 33.6 Å². The topological polar surface area (TPSA) is 103 Å². The molecule has 142 valence electrons. The number of rotatable bonds is 5. The first-order valence-corrected chi connectivity index (χ1v) is 8.23. The summed E-state index contributed by atoms with van der Waals surface area (Å²) in [5.41, 5.74) is 0.481. The van der Waals surface area contributed by atoms with Crippen molar-refractivity contribution in [2.75, 3.05) is 32.8 Å². The van der Waals surface area contributed by atoms with Crippen LogP contribution < -0.4 is 24.3 Å². The summed E-state index contributed by atoms with van der Waals surface area (Å²) >= 11 is 0. The minimum Gasteiger partial charge on any atom is -0.493 e. The van der Waals surface area contributed by atoms with Crippen LogP contribution in [0.2, 0.25) is 0 Å². The number of aromatic carboxylic acids is 1. The van der Waals surface area contributed by atoms with Gasteiger partial charge in [0, 0.05) is 12.0 Å². The number of benzene rings is 2. The number of ether oxygens (including phenoxy) is 4. The van der Waals surface area contributed by atoms with E-state index in [0.29, 0.717) is 30.3 Å². The van der Waals surface area contributed by atoms with E-state index < -0.39 is 11.9 Å². The molecule has 0 saturated heterocycles. The summed E-state index contributed by atoms with van der Waals surface area (Å²) in [4.78, 5) is 24.0. The van der Waals surface area contributed by atoms with Crippen molar-refractivity contribution in [2.45, 2.75) is 6.42 Å². The van der Waals surface area contributed by atoms with Gasteiger partial charge in [-0.05, 0) is 30.3 Å². The fraction of sp³-hybridized carbons (Fsp3) is 0.263. The van der Waals surface area contributed by atoms with Gasteiger partial charge in [-0.3, -0.25) is 4.79 Å². The number of hydrogen-bond acceptors (Lipinski definition) is 6. The highest BCUT2D eigenvalue weighted by atomic mass is 16.5. The molecule has 0 spiro atoms. The molecular weight excluding hydrogens is 354 g/mol. The average Bonchev–Trinajstić information content (AvgIpc) is 2.91. The molecule has 1 amide bonds. The summed E-state index contributed by atoms with van der Waals surface area (Å²) in [5, 5.41) is 11.9. The highest BCUT2D eigenvalue weighted by Crippen LogP contribution is 2.37. The maximum atomic E-state index is 12.7. The van der Waals surface area contributed by atoms with Crippen molar-refractivity contribution in [1.82, 2.24) is 0 Å². The molecule has 1 aliphatic heterocycles. The van der Waals surface area contributed by atoms with Gasteiger partial charge in [0.2, 0.25) is 0 Å². The number of nitrogens with one attached hydrogen (secondary N) is 1. The number of carboxylic acid groups (broad SMARTS) is 1.